The Bertz CT molecular complexity index is 1550. The number of alkyl halides is 6. The fraction of sp³-hybridized carbons (Fsp3) is 0.500. The van der Waals surface area contributed by atoms with E-state index in [-0.39, 0.29) is 42.1 Å². The van der Waals surface area contributed by atoms with Crippen LogP contribution in [0.1, 0.15) is 39.3 Å². The summed E-state index contributed by atoms with van der Waals surface area (Å²) in [5.41, 5.74) is 0.978. The number of carbonyl (C=O) groups excluding carboxylic acids is 1. The second-order valence-corrected chi connectivity index (χ2v) is 11.3. The van der Waals surface area contributed by atoms with Crippen molar-refractivity contribution in [3.63, 3.8) is 0 Å². The Morgan fingerprint density at radius 1 is 1.02 bits per heavy atom. The van der Waals surface area contributed by atoms with Gasteiger partial charge in [-0.1, -0.05) is 0 Å². The number of anilines is 2. The first-order valence-electron chi connectivity index (χ1n) is 13.1. The van der Waals surface area contributed by atoms with E-state index in [2.05, 4.69) is 19.9 Å². The second-order valence-electron chi connectivity index (χ2n) is 11.3. The number of hydrogen-bond donors (Lipinski definition) is 1. The molecule has 2 bridgehead atoms. The summed E-state index contributed by atoms with van der Waals surface area (Å²) in [5, 5.41) is -0.0869. The molecule has 2 N–H and O–H groups in total. The van der Waals surface area contributed by atoms with Gasteiger partial charge in [-0.2, -0.15) is 36.3 Å². The van der Waals surface area contributed by atoms with Gasteiger partial charge in [-0.15, -0.1) is 0 Å². The smallest absolute Gasteiger partial charge is 0.434 e. The van der Waals surface area contributed by atoms with E-state index in [0.717, 1.165) is 18.5 Å². The van der Waals surface area contributed by atoms with Crippen LogP contribution < -0.4 is 15.4 Å². The van der Waals surface area contributed by atoms with Crippen molar-refractivity contribution in [3.05, 3.63) is 30.0 Å². The first-order chi connectivity index (χ1) is 19.9. The summed E-state index contributed by atoms with van der Waals surface area (Å²) in [5.74, 6) is -1.42. The molecule has 2 fully saturated rings. The van der Waals surface area contributed by atoms with Crippen molar-refractivity contribution in [2.24, 2.45) is 0 Å². The Hall–Kier alpha value is -4.18. The molecule has 232 valence electrons. The zero-order chi connectivity index (χ0) is 31.5. The van der Waals surface area contributed by atoms with Crippen LogP contribution in [0.25, 0.3) is 22.2 Å². The van der Waals surface area contributed by atoms with Gasteiger partial charge >= 0.3 is 24.5 Å². The fourth-order valence-electron chi connectivity index (χ4n) is 5.24. The molecule has 0 saturated carbocycles. The Kier molecular flexibility index (Phi) is 7.41. The number of hydrogen-bond acceptors (Lipinski definition) is 9. The quantitative estimate of drug-likeness (QED) is 0.386. The zero-order valence-electron chi connectivity index (χ0n) is 23.1. The molecule has 43 heavy (non-hydrogen) atoms. The third-order valence-corrected chi connectivity index (χ3v) is 6.83. The summed E-state index contributed by atoms with van der Waals surface area (Å²) in [4.78, 5) is 31.2. The lowest BCUT2D eigenvalue weighted by Gasteiger charge is -2.42. The van der Waals surface area contributed by atoms with Crippen LogP contribution >= 0.6 is 0 Å². The van der Waals surface area contributed by atoms with Crippen LogP contribution in [0.4, 0.5) is 47.0 Å². The number of rotatable bonds is 4. The van der Waals surface area contributed by atoms with Crippen molar-refractivity contribution in [3.8, 4) is 17.3 Å². The van der Waals surface area contributed by atoms with Gasteiger partial charge < -0.3 is 20.1 Å². The van der Waals surface area contributed by atoms with Crippen LogP contribution in [0.3, 0.4) is 0 Å². The van der Waals surface area contributed by atoms with Crippen LogP contribution in [0.5, 0.6) is 6.01 Å². The molecule has 1 amide bonds. The molecule has 0 radical (unpaired) electrons. The summed E-state index contributed by atoms with van der Waals surface area (Å²) >= 11 is 0. The number of carbonyl (C=O) groups is 1. The molecule has 10 nitrogen and oxygen atoms in total. The van der Waals surface area contributed by atoms with E-state index in [0.29, 0.717) is 12.8 Å². The monoisotopic (exact) mass is 617 g/mol. The van der Waals surface area contributed by atoms with Crippen LogP contribution in [0.2, 0.25) is 0 Å². The molecule has 0 aliphatic carbocycles. The topological polar surface area (TPSA) is 120 Å². The highest BCUT2D eigenvalue weighted by Crippen LogP contribution is 2.40. The van der Waals surface area contributed by atoms with E-state index in [1.165, 1.54) is 0 Å². The number of nitrogens with zero attached hydrogens (tertiary/aromatic N) is 6. The Balaban J connectivity index is 1.59. The average Bonchev–Trinajstić information content (AvgIpc) is 3.15. The molecule has 2 aliphatic heterocycles. The number of nitrogen functional groups attached to an aromatic ring is 1. The van der Waals surface area contributed by atoms with Gasteiger partial charge in [0.25, 0.3) is 0 Å². The molecule has 2 saturated heterocycles. The largest absolute Gasteiger partial charge is 0.454 e. The van der Waals surface area contributed by atoms with Crippen LogP contribution in [0.15, 0.2) is 18.5 Å². The number of halogens is 7. The summed E-state index contributed by atoms with van der Waals surface area (Å²) in [6.07, 6.45) is -7.33. The summed E-state index contributed by atoms with van der Waals surface area (Å²) < 4.78 is 106. The number of pyridine rings is 2. The molecule has 5 heterocycles. The lowest BCUT2D eigenvalue weighted by molar-refractivity contribution is -0.154. The van der Waals surface area contributed by atoms with E-state index in [4.69, 9.17) is 15.2 Å². The molecular weight excluding hydrogens is 591 g/mol. The maximum Gasteiger partial charge on any atom is 0.434 e. The van der Waals surface area contributed by atoms with Gasteiger partial charge in [-0.25, -0.2) is 14.2 Å². The predicted molar refractivity (Wildman–Crippen MR) is 139 cm³/mol. The number of ether oxygens (including phenoxy) is 2. The zero-order valence-corrected chi connectivity index (χ0v) is 23.1. The highest BCUT2D eigenvalue weighted by Gasteiger charge is 2.45. The number of aromatic nitrogens is 4. The van der Waals surface area contributed by atoms with Crippen LogP contribution in [-0.4, -0.2) is 74.5 Å². The fourth-order valence-corrected chi connectivity index (χ4v) is 5.24. The lowest BCUT2D eigenvalue weighted by atomic mass is 10.1. The van der Waals surface area contributed by atoms with Crippen LogP contribution in [0, 0.1) is 5.82 Å². The molecule has 17 heteroatoms. The van der Waals surface area contributed by atoms with Crippen molar-refractivity contribution in [2.45, 2.75) is 63.7 Å². The van der Waals surface area contributed by atoms with Gasteiger partial charge in [0, 0.05) is 24.8 Å². The molecule has 3 aromatic rings. The lowest BCUT2D eigenvalue weighted by Crippen LogP contribution is -2.57. The summed E-state index contributed by atoms with van der Waals surface area (Å²) in [6, 6.07) is -0.727. The number of nitrogens with two attached hydrogens (primary N) is 1. The highest BCUT2D eigenvalue weighted by molar-refractivity contribution is 5.92. The number of piperazine rings is 1. The minimum atomic E-state index is -5.00. The van der Waals surface area contributed by atoms with Crippen molar-refractivity contribution in [1.82, 2.24) is 24.8 Å². The van der Waals surface area contributed by atoms with Gasteiger partial charge in [0.1, 0.15) is 22.6 Å². The third kappa shape index (κ3) is 6.29. The number of fused-ring (bicyclic) bond motifs is 3. The molecule has 3 aromatic heterocycles. The minimum Gasteiger partial charge on any atom is -0.454 e. The van der Waals surface area contributed by atoms with E-state index in [1.54, 1.807) is 30.6 Å². The van der Waals surface area contributed by atoms with E-state index >= 15 is 4.39 Å². The molecule has 0 spiro atoms. The van der Waals surface area contributed by atoms with E-state index in [1.807, 2.05) is 0 Å². The summed E-state index contributed by atoms with van der Waals surface area (Å²) in [6.45, 7) is 3.69. The molecule has 2 aliphatic rings. The van der Waals surface area contributed by atoms with Crippen molar-refractivity contribution < 1.29 is 45.0 Å². The SMILES string of the molecule is CC(C)(C)OC(=O)N1C2CCC1CN(c1nc(OCC(F)(F)F)nc3c(F)c(-c4cc(N)cnc4C(F)(F)F)ncc13)C2. The Morgan fingerprint density at radius 2 is 1.67 bits per heavy atom. The first kappa shape index (κ1) is 30.3. The maximum absolute atomic E-state index is 16.0. The second kappa shape index (κ2) is 10.5. The van der Waals surface area contributed by atoms with Gasteiger partial charge in [-0.3, -0.25) is 9.88 Å². The molecule has 2 unspecified atom stereocenters. The van der Waals surface area contributed by atoms with Crippen LogP contribution in [-0.2, 0) is 10.9 Å². The number of amides is 1. The molecule has 0 aromatic carbocycles. The van der Waals surface area contributed by atoms with Crippen molar-refractivity contribution >= 4 is 28.5 Å². The average molecular weight is 618 g/mol. The normalized spacial score (nSPS) is 19.2. The van der Waals surface area contributed by atoms with Gasteiger partial charge in [0.05, 0.1) is 29.4 Å². The standard InChI is InChI=1S/C26H26F7N7O3/c1-24(2,3)43-23(41)40-13-4-5-14(40)10-39(9-13)21-16-8-35-18(15-6-12(34)7-36-20(15)26(31,32)33)17(27)19(16)37-22(38-21)42-11-25(28,29)30/h6-8,13-14H,4-5,9-11,34H2,1-3H3. The Labute approximate surface area is 240 Å². The molecule has 5 rings (SSSR count). The predicted octanol–water partition coefficient (Wildman–Crippen LogP) is 5.36. The minimum absolute atomic E-state index is 0.0531. The molecule has 2 atom stereocenters. The summed E-state index contributed by atoms with van der Waals surface area (Å²) in [7, 11) is 0. The van der Waals surface area contributed by atoms with Crippen molar-refractivity contribution in [2.75, 3.05) is 30.3 Å². The maximum atomic E-state index is 16.0. The van der Waals surface area contributed by atoms with Crippen molar-refractivity contribution in [1.29, 1.82) is 0 Å². The highest BCUT2D eigenvalue weighted by atomic mass is 19.4. The van der Waals surface area contributed by atoms with Gasteiger partial charge in [-0.05, 0) is 39.7 Å². The van der Waals surface area contributed by atoms with Gasteiger partial charge in [0.2, 0.25) is 0 Å². The first-order valence-corrected chi connectivity index (χ1v) is 13.1. The third-order valence-electron chi connectivity index (χ3n) is 6.83. The molecular formula is C26H26F7N7O3. The van der Waals surface area contributed by atoms with E-state index < -0.39 is 64.9 Å². The van der Waals surface area contributed by atoms with Gasteiger partial charge in [0.15, 0.2) is 18.1 Å². The van der Waals surface area contributed by atoms with E-state index in [9.17, 15) is 31.1 Å². The Morgan fingerprint density at radius 3 is 2.26 bits per heavy atom.